The summed E-state index contributed by atoms with van der Waals surface area (Å²) in [6.07, 6.45) is 5.21. The van der Waals surface area contributed by atoms with Gasteiger partial charge < -0.3 is 15.4 Å². The molecule has 0 unspecified atom stereocenters. The number of benzene rings is 2. The largest absolute Gasteiger partial charge is 0.491 e. The van der Waals surface area contributed by atoms with E-state index in [4.69, 9.17) is 4.74 Å². The predicted molar refractivity (Wildman–Crippen MR) is 105 cm³/mol. The Bertz CT molecular complexity index is 767. The highest BCUT2D eigenvalue weighted by atomic mass is 16.5. The van der Waals surface area contributed by atoms with Crippen LogP contribution in [-0.4, -0.2) is 18.4 Å². The Kier molecular flexibility index (Phi) is 7.43. The van der Waals surface area contributed by atoms with Crippen molar-refractivity contribution in [1.29, 1.82) is 0 Å². The number of hydrogen-bond donors (Lipinski definition) is 2. The van der Waals surface area contributed by atoms with E-state index >= 15 is 0 Å². The Morgan fingerprint density at radius 3 is 2.46 bits per heavy atom. The van der Waals surface area contributed by atoms with Crippen molar-refractivity contribution in [2.24, 2.45) is 0 Å². The van der Waals surface area contributed by atoms with Gasteiger partial charge in [-0.1, -0.05) is 37.6 Å². The first-order chi connectivity index (χ1) is 12.6. The monoisotopic (exact) mass is 352 g/mol. The van der Waals surface area contributed by atoms with Crippen LogP contribution in [0.3, 0.4) is 0 Å². The fraction of sp³-hybridized carbons (Fsp3) is 0.238. The first-order valence-electron chi connectivity index (χ1n) is 8.67. The molecule has 0 heterocycles. The van der Waals surface area contributed by atoms with E-state index in [0.29, 0.717) is 18.0 Å². The highest BCUT2D eigenvalue weighted by Crippen LogP contribution is 2.24. The van der Waals surface area contributed by atoms with Crippen molar-refractivity contribution in [2.75, 3.05) is 17.2 Å². The van der Waals surface area contributed by atoms with Gasteiger partial charge in [-0.15, -0.1) is 0 Å². The van der Waals surface area contributed by atoms with E-state index < -0.39 is 0 Å². The van der Waals surface area contributed by atoms with Gasteiger partial charge in [-0.2, -0.15) is 0 Å². The Hall–Kier alpha value is -3.08. The highest BCUT2D eigenvalue weighted by Gasteiger charge is 2.05. The maximum Gasteiger partial charge on any atom is 0.248 e. The summed E-state index contributed by atoms with van der Waals surface area (Å²) in [7, 11) is 0. The molecule has 2 amide bonds. The van der Waals surface area contributed by atoms with Gasteiger partial charge in [0.25, 0.3) is 0 Å². The molecular weight excluding hydrogens is 328 g/mol. The van der Waals surface area contributed by atoms with Crippen LogP contribution in [0, 0.1) is 0 Å². The molecule has 26 heavy (non-hydrogen) atoms. The maximum absolute atomic E-state index is 12.2. The zero-order valence-electron chi connectivity index (χ0n) is 15.1. The quantitative estimate of drug-likeness (QED) is 0.544. The summed E-state index contributed by atoms with van der Waals surface area (Å²) in [5, 5.41) is 5.54. The maximum atomic E-state index is 12.2. The molecule has 2 aromatic rings. The third-order valence-electron chi connectivity index (χ3n) is 3.56. The standard InChI is InChI=1S/C21H24N2O3/c1-3-4-15-26-20-8-6-5-7-19(20)23-21(25)14-11-17-9-12-18(13-10-17)22-16(2)24/h5-14H,3-4,15H2,1-2H3,(H,22,24)(H,23,25). The summed E-state index contributed by atoms with van der Waals surface area (Å²) in [6, 6.07) is 14.6. The van der Waals surface area contributed by atoms with Crippen LogP contribution in [0.1, 0.15) is 32.3 Å². The molecular formula is C21H24N2O3. The number of rotatable bonds is 8. The predicted octanol–water partition coefficient (Wildman–Crippen LogP) is 4.48. The van der Waals surface area contributed by atoms with Crippen LogP contribution >= 0.6 is 0 Å². The number of unbranched alkanes of at least 4 members (excludes halogenated alkanes) is 1. The molecule has 0 atom stereocenters. The molecule has 0 saturated carbocycles. The van der Waals surface area contributed by atoms with E-state index in [1.807, 2.05) is 36.4 Å². The van der Waals surface area contributed by atoms with Crippen LogP contribution in [0.5, 0.6) is 5.75 Å². The third-order valence-corrected chi connectivity index (χ3v) is 3.56. The van der Waals surface area contributed by atoms with Gasteiger partial charge in [0.15, 0.2) is 0 Å². The van der Waals surface area contributed by atoms with E-state index in [1.165, 1.54) is 13.0 Å². The van der Waals surface area contributed by atoms with Gasteiger partial charge in [0, 0.05) is 18.7 Å². The molecule has 0 aliphatic heterocycles. The molecule has 0 bridgehead atoms. The number of carbonyl (C=O) groups excluding carboxylic acids is 2. The zero-order chi connectivity index (χ0) is 18.8. The lowest BCUT2D eigenvalue weighted by atomic mass is 10.2. The fourth-order valence-corrected chi connectivity index (χ4v) is 2.25. The summed E-state index contributed by atoms with van der Waals surface area (Å²) in [6.45, 7) is 4.19. The second-order valence-corrected chi connectivity index (χ2v) is 5.82. The van der Waals surface area contributed by atoms with Crippen LogP contribution in [0.25, 0.3) is 6.08 Å². The normalized spacial score (nSPS) is 10.5. The minimum absolute atomic E-state index is 0.118. The second-order valence-electron chi connectivity index (χ2n) is 5.82. The smallest absolute Gasteiger partial charge is 0.248 e. The molecule has 0 spiro atoms. The van der Waals surface area contributed by atoms with Crippen molar-refractivity contribution in [3.63, 3.8) is 0 Å². The molecule has 136 valence electrons. The summed E-state index contributed by atoms with van der Waals surface area (Å²) in [5.41, 5.74) is 2.23. The number of anilines is 2. The Balaban J connectivity index is 1.96. The lowest BCUT2D eigenvalue weighted by Gasteiger charge is -2.11. The Labute approximate surface area is 154 Å². The van der Waals surface area contributed by atoms with Gasteiger partial charge in [-0.05, 0) is 42.3 Å². The zero-order valence-corrected chi connectivity index (χ0v) is 15.1. The van der Waals surface area contributed by atoms with E-state index in [-0.39, 0.29) is 11.8 Å². The highest BCUT2D eigenvalue weighted by molar-refractivity contribution is 6.02. The molecule has 2 aromatic carbocycles. The fourth-order valence-electron chi connectivity index (χ4n) is 2.25. The molecule has 2 rings (SSSR count). The van der Waals surface area contributed by atoms with E-state index in [1.54, 1.807) is 18.2 Å². The molecule has 0 fully saturated rings. The van der Waals surface area contributed by atoms with Gasteiger partial charge in [0.05, 0.1) is 12.3 Å². The number of hydrogen-bond acceptors (Lipinski definition) is 3. The van der Waals surface area contributed by atoms with Gasteiger partial charge in [0.1, 0.15) is 5.75 Å². The Morgan fingerprint density at radius 1 is 1.04 bits per heavy atom. The first kappa shape index (κ1) is 19.2. The molecule has 0 aromatic heterocycles. The average molecular weight is 352 g/mol. The van der Waals surface area contributed by atoms with Gasteiger partial charge in [-0.25, -0.2) is 0 Å². The van der Waals surface area contributed by atoms with Crippen molar-refractivity contribution in [3.8, 4) is 5.75 Å². The average Bonchev–Trinajstić information content (AvgIpc) is 2.62. The second kappa shape index (κ2) is 10.0. The molecule has 0 radical (unpaired) electrons. The van der Waals surface area contributed by atoms with E-state index in [2.05, 4.69) is 17.6 Å². The third kappa shape index (κ3) is 6.43. The van der Waals surface area contributed by atoms with E-state index in [9.17, 15) is 9.59 Å². The molecule has 2 N–H and O–H groups in total. The van der Waals surface area contributed by atoms with Crippen LogP contribution in [0.4, 0.5) is 11.4 Å². The van der Waals surface area contributed by atoms with Crippen LogP contribution in [0.2, 0.25) is 0 Å². The summed E-state index contributed by atoms with van der Waals surface area (Å²) in [4.78, 5) is 23.2. The van der Waals surface area contributed by atoms with Crippen molar-refractivity contribution in [3.05, 3.63) is 60.2 Å². The van der Waals surface area contributed by atoms with Gasteiger partial charge in [0.2, 0.25) is 11.8 Å². The lowest BCUT2D eigenvalue weighted by molar-refractivity contribution is -0.114. The summed E-state index contributed by atoms with van der Waals surface area (Å²) >= 11 is 0. The number of ether oxygens (including phenoxy) is 1. The molecule has 0 saturated heterocycles. The van der Waals surface area contributed by atoms with Crippen molar-refractivity contribution in [2.45, 2.75) is 26.7 Å². The number of amides is 2. The minimum Gasteiger partial charge on any atom is -0.491 e. The van der Waals surface area contributed by atoms with Gasteiger partial charge >= 0.3 is 0 Å². The van der Waals surface area contributed by atoms with Crippen LogP contribution in [0.15, 0.2) is 54.6 Å². The summed E-state index contributed by atoms with van der Waals surface area (Å²) in [5.74, 6) is 0.317. The number of para-hydroxylation sites is 2. The molecule has 5 nitrogen and oxygen atoms in total. The molecule has 0 aliphatic carbocycles. The summed E-state index contributed by atoms with van der Waals surface area (Å²) < 4.78 is 5.71. The van der Waals surface area contributed by atoms with E-state index in [0.717, 1.165) is 24.1 Å². The van der Waals surface area contributed by atoms with Crippen LogP contribution < -0.4 is 15.4 Å². The topological polar surface area (TPSA) is 67.4 Å². The van der Waals surface area contributed by atoms with Crippen molar-refractivity contribution < 1.29 is 14.3 Å². The number of nitrogens with one attached hydrogen (secondary N) is 2. The van der Waals surface area contributed by atoms with Gasteiger partial charge in [-0.3, -0.25) is 9.59 Å². The SMILES string of the molecule is CCCCOc1ccccc1NC(=O)C=Cc1ccc(NC(C)=O)cc1. The first-order valence-corrected chi connectivity index (χ1v) is 8.67. The molecule has 5 heteroatoms. The lowest BCUT2D eigenvalue weighted by Crippen LogP contribution is -2.09. The molecule has 0 aliphatic rings. The number of carbonyl (C=O) groups is 2. The van der Waals surface area contributed by atoms with Crippen molar-refractivity contribution >= 4 is 29.3 Å². The minimum atomic E-state index is -0.234. The van der Waals surface area contributed by atoms with Crippen LogP contribution in [-0.2, 0) is 9.59 Å². The Morgan fingerprint density at radius 2 is 1.77 bits per heavy atom. The van der Waals surface area contributed by atoms with Crippen molar-refractivity contribution in [1.82, 2.24) is 0 Å².